The van der Waals surface area contributed by atoms with Crippen LogP contribution in [0, 0.1) is 0 Å². The molecule has 4 heteroatoms. The molecule has 2 atom stereocenters. The first-order valence-electron chi connectivity index (χ1n) is 7.34. The fraction of sp³-hybridized carbons (Fsp3) is 0.625. The summed E-state index contributed by atoms with van der Waals surface area (Å²) >= 11 is 2.06. The largest absolute Gasteiger partial charge is 0.493 e. The number of benzene rings is 1. The molecule has 2 unspecified atom stereocenters. The Hall–Kier alpha value is -0.870. The molecule has 1 aromatic carbocycles. The Kier molecular flexibility index (Phi) is 6.05. The average molecular weight is 295 g/mol. The zero-order valence-corrected chi connectivity index (χ0v) is 13.5. The molecule has 1 aromatic rings. The van der Waals surface area contributed by atoms with E-state index >= 15 is 0 Å². The Morgan fingerprint density at radius 3 is 2.70 bits per heavy atom. The van der Waals surface area contributed by atoms with Gasteiger partial charge in [0, 0.05) is 17.8 Å². The van der Waals surface area contributed by atoms with Crippen LogP contribution in [0.25, 0.3) is 0 Å². The van der Waals surface area contributed by atoms with Gasteiger partial charge < -0.3 is 14.8 Å². The van der Waals surface area contributed by atoms with E-state index in [1.54, 1.807) is 14.2 Å². The minimum absolute atomic E-state index is 0.388. The normalized spacial score (nSPS) is 20.4. The number of methoxy groups -OCH3 is 2. The van der Waals surface area contributed by atoms with Gasteiger partial charge in [0.15, 0.2) is 11.5 Å². The number of nitrogens with one attached hydrogen (secondary N) is 1. The molecule has 112 valence electrons. The highest BCUT2D eigenvalue weighted by molar-refractivity contribution is 7.99. The van der Waals surface area contributed by atoms with Crippen molar-refractivity contribution in [1.29, 1.82) is 0 Å². The van der Waals surface area contributed by atoms with Gasteiger partial charge in [-0.05, 0) is 42.7 Å². The number of rotatable bonds is 6. The summed E-state index contributed by atoms with van der Waals surface area (Å²) in [4.78, 5) is 0. The lowest BCUT2D eigenvalue weighted by molar-refractivity contribution is 0.353. The molecule has 0 amide bonds. The summed E-state index contributed by atoms with van der Waals surface area (Å²) in [5.74, 6) is 4.14. The Morgan fingerprint density at radius 1 is 1.30 bits per heavy atom. The van der Waals surface area contributed by atoms with Gasteiger partial charge in [0.25, 0.3) is 0 Å². The molecule has 1 N–H and O–H groups in total. The summed E-state index contributed by atoms with van der Waals surface area (Å²) in [7, 11) is 3.36. The molecule has 0 aliphatic carbocycles. The fourth-order valence-corrected chi connectivity index (χ4v) is 3.76. The summed E-state index contributed by atoms with van der Waals surface area (Å²) in [5.41, 5.74) is 1.28. The number of ether oxygens (including phenoxy) is 2. The second-order valence-electron chi connectivity index (χ2n) is 5.16. The van der Waals surface area contributed by atoms with E-state index < -0.39 is 0 Å². The van der Waals surface area contributed by atoms with Gasteiger partial charge in [-0.15, -0.1) is 0 Å². The summed E-state index contributed by atoms with van der Waals surface area (Å²) in [5, 5.41) is 3.79. The van der Waals surface area contributed by atoms with Crippen molar-refractivity contribution in [2.75, 3.05) is 25.7 Å². The first kappa shape index (κ1) is 15.5. The van der Waals surface area contributed by atoms with E-state index in [9.17, 15) is 0 Å². The van der Waals surface area contributed by atoms with Crippen LogP contribution in [0.4, 0.5) is 0 Å². The number of hydrogen-bond acceptors (Lipinski definition) is 4. The highest BCUT2D eigenvalue weighted by Gasteiger charge is 2.19. The van der Waals surface area contributed by atoms with Crippen LogP contribution in [0.3, 0.4) is 0 Å². The fourth-order valence-electron chi connectivity index (χ4n) is 2.68. The summed E-state index contributed by atoms with van der Waals surface area (Å²) in [6.45, 7) is 2.23. The van der Waals surface area contributed by atoms with Crippen molar-refractivity contribution >= 4 is 11.8 Å². The van der Waals surface area contributed by atoms with Crippen LogP contribution in [0.2, 0.25) is 0 Å². The molecule has 3 nitrogen and oxygen atoms in total. The Morgan fingerprint density at radius 2 is 2.10 bits per heavy atom. The average Bonchev–Trinajstić information content (AvgIpc) is 2.53. The molecule has 0 radical (unpaired) electrons. The minimum Gasteiger partial charge on any atom is -0.493 e. The van der Waals surface area contributed by atoms with Crippen LogP contribution in [0.1, 0.15) is 37.8 Å². The van der Waals surface area contributed by atoms with Gasteiger partial charge in [-0.3, -0.25) is 0 Å². The van der Waals surface area contributed by atoms with Crippen molar-refractivity contribution in [3.8, 4) is 11.5 Å². The molecule has 0 bridgehead atoms. The quantitative estimate of drug-likeness (QED) is 0.868. The van der Waals surface area contributed by atoms with E-state index in [0.29, 0.717) is 12.1 Å². The maximum atomic E-state index is 5.40. The monoisotopic (exact) mass is 295 g/mol. The molecule has 1 aliphatic rings. The van der Waals surface area contributed by atoms with Gasteiger partial charge in [0.05, 0.1) is 14.2 Å². The Bertz CT molecular complexity index is 419. The molecule has 20 heavy (non-hydrogen) atoms. The van der Waals surface area contributed by atoms with Crippen molar-refractivity contribution in [2.24, 2.45) is 0 Å². The molecule has 1 heterocycles. The third-order valence-corrected chi connectivity index (χ3v) is 5.03. The van der Waals surface area contributed by atoms with Gasteiger partial charge in [0.1, 0.15) is 0 Å². The second-order valence-corrected chi connectivity index (χ2v) is 6.31. The van der Waals surface area contributed by atoms with Crippen LogP contribution < -0.4 is 14.8 Å². The summed E-state index contributed by atoms with van der Waals surface area (Å²) < 4.78 is 10.7. The predicted molar refractivity (Wildman–Crippen MR) is 86.1 cm³/mol. The molecule has 0 saturated carbocycles. The SMILES string of the molecule is CCC(NC1CCCSC1)c1ccc(OC)c(OC)c1. The Labute approximate surface area is 126 Å². The maximum Gasteiger partial charge on any atom is 0.161 e. The summed E-state index contributed by atoms with van der Waals surface area (Å²) in [6.07, 6.45) is 3.69. The van der Waals surface area contributed by atoms with Crippen molar-refractivity contribution in [1.82, 2.24) is 5.32 Å². The topological polar surface area (TPSA) is 30.5 Å². The first-order chi connectivity index (χ1) is 9.78. The second kappa shape index (κ2) is 7.79. The highest BCUT2D eigenvalue weighted by atomic mass is 32.2. The van der Waals surface area contributed by atoms with Gasteiger partial charge in [-0.1, -0.05) is 13.0 Å². The molecular formula is C16H25NO2S. The lowest BCUT2D eigenvalue weighted by Crippen LogP contribution is -2.36. The van der Waals surface area contributed by atoms with Crippen molar-refractivity contribution in [3.63, 3.8) is 0 Å². The number of hydrogen-bond donors (Lipinski definition) is 1. The van der Waals surface area contributed by atoms with Crippen LogP contribution >= 0.6 is 11.8 Å². The van der Waals surface area contributed by atoms with E-state index in [-0.39, 0.29) is 0 Å². The Balaban J connectivity index is 2.09. The highest BCUT2D eigenvalue weighted by Crippen LogP contribution is 2.31. The van der Waals surface area contributed by atoms with Crippen LogP contribution in [-0.4, -0.2) is 31.8 Å². The minimum atomic E-state index is 0.388. The molecule has 0 aromatic heterocycles. The third kappa shape index (κ3) is 3.83. The molecule has 1 aliphatic heterocycles. The zero-order chi connectivity index (χ0) is 14.4. The van der Waals surface area contributed by atoms with Crippen LogP contribution in [-0.2, 0) is 0 Å². The summed E-state index contributed by atoms with van der Waals surface area (Å²) in [6, 6.07) is 7.24. The lowest BCUT2D eigenvalue weighted by atomic mass is 10.0. The van der Waals surface area contributed by atoms with Crippen molar-refractivity contribution in [3.05, 3.63) is 23.8 Å². The first-order valence-corrected chi connectivity index (χ1v) is 8.49. The van der Waals surface area contributed by atoms with Crippen molar-refractivity contribution in [2.45, 2.75) is 38.3 Å². The van der Waals surface area contributed by atoms with E-state index in [1.165, 1.54) is 29.9 Å². The van der Waals surface area contributed by atoms with Gasteiger partial charge in [-0.25, -0.2) is 0 Å². The van der Waals surface area contributed by atoms with E-state index in [0.717, 1.165) is 17.9 Å². The van der Waals surface area contributed by atoms with Crippen LogP contribution in [0.5, 0.6) is 11.5 Å². The van der Waals surface area contributed by atoms with E-state index in [4.69, 9.17) is 9.47 Å². The lowest BCUT2D eigenvalue weighted by Gasteiger charge is -2.28. The molecule has 2 rings (SSSR count). The van der Waals surface area contributed by atoms with Crippen LogP contribution in [0.15, 0.2) is 18.2 Å². The van der Waals surface area contributed by atoms with Gasteiger partial charge in [-0.2, -0.15) is 11.8 Å². The van der Waals surface area contributed by atoms with Gasteiger partial charge >= 0.3 is 0 Å². The molecular weight excluding hydrogens is 270 g/mol. The molecule has 0 spiro atoms. The van der Waals surface area contributed by atoms with E-state index in [2.05, 4.69) is 36.1 Å². The predicted octanol–water partition coefficient (Wildman–Crippen LogP) is 3.64. The molecule has 1 fully saturated rings. The molecule has 1 saturated heterocycles. The maximum absolute atomic E-state index is 5.40. The zero-order valence-electron chi connectivity index (χ0n) is 12.6. The smallest absolute Gasteiger partial charge is 0.161 e. The van der Waals surface area contributed by atoms with Crippen molar-refractivity contribution < 1.29 is 9.47 Å². The number of thioether (sulfide) groups is 1. The van der Waals surface area contributed by atoms with E-state index in [1.807, 2.05) is 6.07 Å². The third-order valence-electron chi connectivity index (χ3n) is 3.82. The standard InChI is InChI=1S/C16H25NO2S/c1-4-14(17-13-6-5-9-20-11-13)12-7-8-15(18-2)16(10-12)19-3/h7-8,10,13-14,17H,4-6,9,11H2,1-3H3. The van der Waals surface area contributed by atoms with Gasteiger partial charge in [0.2, 0.25) is 0 Å².